The van der Waals surface area contributed by atoms with Gasteiger partial charge in [-0.2, -0.15) is 0 Å². The number of aliphatic hydroxyl groups excluding tert-OH is 3. The van der Waals surface area contributed by atoms with Crippen molar-refractivity contribution in [1.82, 2.24) is 31.9 Å². The number of carbonyl (C=O) groups is 20. The van der Waals surface area contributed by atoms with Crippen molar-refractivity contribution >= 4 is 222 Å². The molecule has 6 aromatic rings. The number of fused-ring (bicyclic) bond motifs is 3. The van der Waals surface area contributed by atoms with Gasteiger partial charge >= 0.3 is 0 Å². The van der Waals surface area contributed by atoms with Gasteiger partial charge in [0.1, 0.15) is 93.8 Å². The number of rotatable bonds is 30. The topological polar surface area (TPSA) is 527 Å². The number of aliphatic hydroxyl groups is 3. The van der Waals surface area contributed by atoms with Gasteiger partial charge in [0.15, 0.2) is 5.75 Å². The number of ketones is 3. The van der Waals surface area contributed by atoms with Gasteiger partial charge in [0, 0.05) is 49.8 Å². The first-order valence-corrected chi connectivity index (χ1v) is 38.7. The van der Waals surface area contributed by atoms with Crippen molar-refractivity contribution in [1.29, 1.82) is 0 Å². The number of aldehydes is 3. The van der Waals surface area contributed by atoms with Gasteiger partial charge in [-0.3, -0.25) is 96.2 Å². The van der Waals surface area contributed by atoms with Gasteiger partial charge in [0.2, 0.25) is 29.5 Å². The lowest BCUT2D eigenvalue weighted by Crippen LogP contribution is -2.55. The van der Waals surface area contributed by atoms with Crippen LogP contribution in [0.15, 0.2) is 115 Å². The van der Waals surface area contributed by atoms with Crippen LogP contribution >= 0.6 is 58.0 Å². The van der Waals surface area contributed by atoms with E-state index in [0.717, 1.165) is 29.4 Å². The molecule has 11 N–H and O–H groups in total. The molecule has 6 atom stereocenters. The Morgan fingerprint density at radius 1 is 0.405 bits per heavy atom. The van der Waals surface area contributed by atoms with E-state index in [1.54, 1.807) is 36.4 Å². The second-order valence-corrected chi connectivity index (χ2v) is 29.3. The highest BCUT2D eigenvalue weighted by atomic mass is 35.5. The first kappa shape index (κ1) is 105. The van der Waals surface area contributed by atoms with E-state index in [9.17, 15) is 111 Å². The largest absolute Gasteiger partial charge is 0.494 e. The highest BCUT2D eigenvalue weighted by Crippen LogP contribution is 2.39. The number of amides is 14. The van der Waals surface area contributed by atoms with E-state index in [2.05, 4.69) is 42.5 Å². The molecule has 3 heterocycles. The summed E-state index contributed by atoms with van der Waals surface area (Å²) in [6.07, 6.45) is 0.501. The van der Waals surface area contributed by atoms with Crippen molar-refractivity contribution in [2.75, 3.05) is 106 Å². The number of halogens is 5. The fourth-order valence-corrected chi connectivity index (χ4v) is 14.1. The molecule has 0 fully saturated rings. The number of nitrogens with zero attached hydrogens (tertiary/aromatic N) is 6. The molecule has 9 rings (SSSR count). The highest BCUT2D eigenvalue weighted by Gasteiger charge is 2.42. The number of para-hydroxylation sites is 6. The fraction of sp³-hybridized carbons (Fsp3) is 0.325. The molecular weight excluding hydrogens is 1750 g/mol. The van der Waals surface area contributed by atoms with Crippen LogP contribution in [0.4, 0.5) is 45.5 Å². The van der Waals surface area contributed by atoms with E-state index < -0.39 is 159 Å². The van der Waals surface area contributed by atoms with Crippen LogP contribution in [-0.4, -0.2) is 237 Å². The Morgan fingerprint density at radius 3 is 0.944 bits per heavy atom. The van der Waals surface area contributed by atoms with E-state index in [-0.39, 0.29) is 171 Å². The Labute approximate surface area is 747 Å². The maximum absolute atomic E-state index is 13.8. The molecule has 3 aliphatic rings. The van der Waals surface area contributed by atoms with Gasteiger partial charge in [-0.25, -0.2) is 0 Å². The summed E-state index contributed by atoms with van der Waals surface area (Å²) >= 11 is 30.9. The normalized spacial score (nSPS) is 14.9. The number of ether oxygens (including phenoxy) is 1. The minimum absolute atomic E-state index is 0. The summed E-state index contributed by atoms with van der Waals surface area (Å²) in [5, 5.41) is 48.6. The molecule has 0 aromatic heterocycles. The summed E-state index contributed by atoms with van der Waals surface area (Å²) < 4.78 is 5.09. The SMILES string of the molecule is C.C.C.CC(=O)C[C@@H](C=O)NC(=O)CN1C(=O)[C@@H](NC(=O)c2cc(Cl)c(NC(C)=O)c(Cl)c2)CN(C(=O)CO)c2ccccc21.CC(=O)C[C@@H](C=O)NC(=O)CN1C(=O)[C@@H](NC(=O)c2ccc(NC(C)=O)c(Cl)c2)CN(C(=O)CO)c2ccccc21.COc1c(Cl)cc(C(=O)N[C@H]2CN(C(=O)CO)c3ccccc3N(CC(=O)N[C@H](C=O)CC(C)=O)C2=O)cc1Cl. The van der Waals surface area contributed by atoms with Gasteiger partial charge in [-0.1, -0.05) is 117 Å². The van der Waals surface area contributed by atoms with Crippen LogP contribution in [0.1, 0.15) is 107 Å². The number of carbonyl (C=O) groups excluding carboxylic acids is 20. The number of Topliss-reactive ketones (excluding diaryl/α,β-unsaturated/α-hetero) is 3. The van der Waals surface area contributed by atoms with Crippen LogP contribution < -0.4 is 76.7 Å². The molecule has 0 saturated carbocycles. The van der Waals surface area contributed by atoms with Crippen LogP contribution in [0.5, 0.6) is 5.75 Å². The van der Waals surface area contributed by atoms with Crippen molar-refractivity contribution in [3.8, 4) is 5.75 Å². The van der Waals surface area contributed by atoms with Crippen LogP contribution in [0.3, 0.4) is 0 Å². The number of hydrogen-bond donors (Lipinski definition) is 11. The van der Waals surface area contributed by atoms with Crippen molar-refractivity contribution in [3.63, 3.8) is 0 Å². The van der Waals surface area contributed by atoms with Gasteiger partial charge in [0.25, 0.3) is 53.2 Å². The third-order valence-electron chi connectivity index (χ3n) is 18.0. The molecule has 0 aliphatic carbocycles. The van der Waals surface area contributed by atoms with Crippen LogP contribution in [0.2, 0.25) is 25.1 Å². The Hall–Kier alpha value is -13.0. The second kappa shape index (κ2) is 48.9. The van der Waals surface area contributed by atoms with E-state index in [1.807, 2.05) is 0 Å². The molecule has 0 bridgehead atoms. The predicted octanol–water partition coefficient (Wildman–Crippen LogP) is 4.56. The number of nitrogens with one attached hydrogen (secondary N) is 8. The molecular formula is C83H93Cl5N14O24. The average molecular weight is 1850 g/mol. The third kappa shape index (κ3) is 28.0. The minimum atomic E-state index is -1.43. The second-order valence-electron chi connectivity index (χ2n) is 27.3. The minimum Gasteiger partial charge on any atom is -0.494 e. The number of anilines is 8. The number of methoxy groups -OCH3 is 1. The van der Waals surface area contributed by atoms with Crippen LogP contribution in [0.25, 0.3) is 0 Å². The summed E-state index contributed by atoms with van der Waals surface area (Å²) in [4.78, 5) is 255. The lowest BCUT2D eigenvalue weighted by molar-refractivity contribution is -0.127. The highest BCUT2D eigenvalue weighted by molar-refractivity contribution is 6.40. The lowest BCUT2D eigenvalue weighted by Gasteiger charge is -2.25. The zero-order valence-electron chi connectivity index (χ0n) is 66.1. The molecule has 0 spiro atoms. The zero-order valence-corrected chi connectivity index (χ0v) is 69.9. The molecule has 0 saturated heterocycles. The number of benzene rings is 6. The average Bonchev–Trinajstić information content (AvgIpc) is 1.64. The quantitative estimate of drug-likeness (QED) is 0.0275. The predicted molar refractivity (Wildman–Crippen MR) is 468 cm³/mol. The molecule has 14 amide bonds. The molecule has 43 heteroatoms. The lowest BCUT2D eigenvalue weighted by atomic mass is 10.1. The van der Waals surface area contributed by atoms with Crippen LogP contribution in [-0.2, 0) is 81.5 Å². The molecule has 0 unspecified atom stereocenters. The summed E-state index contributed by atoms with van der Waals surface area (Å²) in [5.74, 6) is -10.9. The monoisotopic (exact) mass is 1840 g/mol. The summed E-state index contributed by atoms with van der Waals surface area (Å²) in [5.41, 5.74) is 1.30. The van der Waals surface area contributed by atoms with Gasteiger partial charge in [-0.05, 0) is 99.6 Å². The molecule has 674 valence electrons. The van der Waals surface area contributed by atoms with Crippen LogP contribution in [0, 0.1) is 0 Å². The summed E-state index contributed by atoms with van der Waals surface area (Å²) in [6, 6.07) is 20.0. The Bertz CT molecular complexity index is 5150. The van der Waals surface area contributed by atoms with Crippen molar-refractivity contribution in [3.05, 3.63) is 157 Å². The van der Waals surface area contributed by atoms with Gasteiger partial charge in [-0.15, -0.1) is 0 Å². The van der Waals surface area contributed by atoms with E-state index >= 15 is 0 Å². The number of hydrogen-bond acceptors (Lipinski definition) is 24. The molecule has 0 radical (unpaired) electrons. The molecule has 126 heavy (non-hydrogen) atoms. The zero-order chi connectivity index (χ0) is 91.0. The first-order valence-electron chi connectivity index (χ1n) is 36.8. The van der Waals surface area contributed by atoms with Gasteiger partial charge in [0.05, 0.1) is 115 Å². The molecule has 3 aliphatic heterocycles. The summed E-state index contributed by atoms with van der Waals surface area (Å²) in [6.45, 7) is 0.618. The maximum Gasteiger partial charge on any atom is 0.252 e. The fourth-order valence-electron chi connectivity index (χ4n) is 12.6. The Balaban J connectivity index is 0.000000392. The third-order valence-corrected chi connectivity index (χ3v) is 19.4. The Kier molecular flexibility index (Phi) is 40.9. The van der Waals surface area contributed by atoms with Gasteiger partial charge < -0.3 is 91.7 Å². The maximum atomic E-state index is 13.8. The van der Waals surface area contributed by atoms with E-state index in [1.165, 1.54) is 121 Å². The smallest absolute Gasteiger partial charge is 0.252 e. The van der Waals surface area contributed by atoms with E-state index in [0.29, 0.717) is 18.9 Å². The molecule has 38 nitrogen and oxygen atoms in total. The van der Waals surface area contributed by atoms with Crippen molar-refractivity contribution < 1.29 is 116 Å². The first-order chi connectivity index (χ1) is 58.3. The summed E-state index contributed by atoms with van der Waals surface area (Å²) in [7, 11) is 1.35. The standard InChI is InChI=1S/C27H27Cl2N5O8.C27H28ClN5O8.C26H26Cl2N4O8.3CH4/c1-14(37)7-17(12-35)31-23(39)11-34-22-6-4-3-5-21(22)33(24(40)13-36)10-20(27(34)42)32-26(41)16-8-18(28)25(19(29)9-16)30-15(2)38;1-15(36)9-18(13-34)30-24(38)12-33-23-6-4-3-5-22(23)32(25(39)14-35)11-21(27(33)41)31-26(40)17-7-8-20(19(28)10-17)29-16(2)37;1-14(35)7-16(12-33)29-22(36)11-32-21-6-4-3-5-20(21)31(23(37)13-34)10-19(26(32)39)30-25(38)15-8-17(27)24(40-2)18(28)9-15;;;/h3-6,8-9,12,17,20,36H,7,10-11,13H2,1-2H3,(H,30,38)(H,31,39)(H,32,41);3-8,10,13,18,21,35H,9,11-12,14H2,1-2H3,(H,29,37)(H,30,38)(H,31,40);3-6,8-9,12,16,19,34H,7,10-11,13H2,1-2H3,(H,29,36)(H,30,38);3*1H4/t17-,20-;18-,21-;16-,19-;;;/m000.../s1. The van der Waals surface area contributed by atoms with E-state index in [4.69, 9.17) is 62.7 Å². The molecule has 6 aromatic carbocycles. The van der Waals surface area contributed by atoms with Crippen molar-refractivity contribution in [2.24, 2.45) is 0 Å². The van der Waals surface area contributed by atoms with Crippen molar-refractivity contribution in [2.45, 2.75) is 112 Å². The Morgan fingerprint density at radius 2 is 0.683 bits per heavy atom.